The number of benzene rings is 1. The van der Waals surface area contributed by atoms with Gasteiger partial charge in [-0.3, -0.25) is 9.78 Å². The smallest absolute Gasteiger partial charge is 0.184 e. The highest BCUT2D eigenvalue weighted by molar-refractivity contribution is 6.02. The molecule has 0 aliphatic heterocycles. The molecule has 0 aliphatic carbocycles. The van der Waals surface area contributed by atoms with Gasteiger partial charge in [-0.15, -0.1) is 0 Å². The summed E-state index contributed by atoms with van der Waals surface area (Å²) >= 11 is 0. The average Bonchev–Trinajstić information content (AvgIpc) is 2.49. The summed E-state index contributed by atoms with van der Waals surface area (Å²) in [6.45, 7) is 0. The highest BCUT2D eigenvalue weighted by Crippen LogP contribution is 2.22. The number of ether oxygens (including phenoxy) is 1. The van der Waals surface area contributed by atoms with E-state index in [0.29, 0.717) is 16.9 Å². The lowest BCUT2D eigenvalue weighted by atomic mass is 9.92. The zero-order valence-electron chi connectivity index (χ0n) is 10.4. The van der Waals surface area contributed by atoms with Gasteiger partial charge in [0.1, 0.15) is 11.7 Å². The minimum atomic E-state index is -0.812. The van der Waals surface area contributed by atoms with Crippen molar-refractivity contribution >= 4 is 5.78 Å². The number of nitrogens with zero attached hydrogens (tertiary/aromatic N) is 2. The van der Waals surface area contributed by atoms with Gasteiger partial charge in [0.25, 0.3) is 0 Å². The normalized spacial score (nSPS) is 11.4. The number of carbonyl (C=O) groups is 1. The number of ketones is 1. The summed E-state index contributed by atoms with van der Waals surface area (Å²) < 4.78 is 5.05. The Morgan fingerprint density at radius 2 is 1.84 bits per heavy atom. The first-order chi connectivity index (χ1) is 9.26. The summed E-state index contributed by atoms with van der Waals surface area (Å²) in [7, 11) is 1.57. The van der Waals surface area contributed by atoms with Gasteiger partial charge in [-0.1, -0.05) is 12.1 Å². The summed E-state index contributed by atoms with van der Waals surface area (Å²) in [5, 5.41) is 9.22. The number of hydrogen-bond donors (Lipinski definition) is 0. The van der Waals surface area contributed by atoms with Crippen LogP contribution < -0.4 is 4.74 Å². The molecule has 0 spiro atoms. The molecule has 2 aromatic rings. The zero-order chi connectivity index (χ0) is 13.7. The molecule has 94 valence electrons. The summed E-state index contributed by atoms with van der Waals surface area (Å²) in [4.78, 5) is 16.1. The number of carbonyl (C=O) groups excluding carboxylic acids is 1. The van der Waals surface area contributed by atoms with E-state index >= 15 is 0 Å². The van der Waals surface area contributed by atoms with Gasteiger partial charge >= 0.3 is 0 Å². The molecule has 1 unspecified atom stereocenters. The summed E-state index contributed by atoms with van der Waals surface area (Å²) in [5.74, 6) is -0.347. The minimum absolute atomic E-state index is 0.227. The maximum absolute atomic E-state index is 12.2. The lowest BCUT2D eigenvalue weighted by Crippen LogP contribution is -2.11. The quantitative estimate of drug-likeness (QED) is 0.784. The van der Waals surface area contributed by atoms with Crippen molar-refractivity contribution in [2.45, 2.75) is 5.92 Å². The van der Waals surface area contributed by atoms with Gasteiger partial charge in [0.15, 0.2) is 5.78 Å². The Balaban J connectivity index is 2.30. The van der Waals surface area contributed by atoms with Crippen LogP contribution in [0.15, 0.2) is 48.8 Å². The fraction of sp³-hybridized carbons (Fsp3) is 0.133. The van der Waals surface area contributed by atoms with Gasteiger partial charge in [-0.05, 0) is 29.8 Å². The Hall–Kier alpha value is -2.67. The second-order valence-electron chi connectivity index (χ2n) is 3.94. The molecule has 0 amide bonds. The van der Waals surface area contributed by atoms with E-state index < -0.39 is 5.92 Å². The van der Waals surface area contributed by atoms with Crippen molar-refractivity contribution in [3.05, 3.63) is 59.9 Å². The fourth-order valence-electron chi connectivity index (χ4n) is 1.76. The number of hydrogen-bond acceptors (Lipinski definition) is 4. The van der Waals surface area contributed by atoms with E-state index in [1.54, 1.807) is 43.5 Å². The molecule has 1 heterocycles. The molecule has 0 aliphatic rings. The molecule has 0 N–H and O–H groups in total. The number of aromatic nitrogens is 1. The molecular formula is C15H12N2O2. The van der Waals surface area contributed by atoms with Crippen molar-refractivity contribution in [1.29, 1.82) is 5.26 Å². The highest BCUT2D eigenvalue weighted by atomic mass is 16.5. The fourth-order valence-corrected chi connectivity index (χ4v) is 1.76. The van der Waals surface area contributed by atoms with Gasteiger partial charge in [-0.25, -0.2) is 0 Å². The van der Waals surface area contributed by atoms with Crippen LogP contribution in [0, 0.1) is 11.3 Å². The van der Waals surface area contributed by atoms with Crippen LogP contribution in [0.25, 0.3) is 0 Å². The molecule has 0 fully saturated rings. The topological polar surface area (TPSA) is 63.0 Å². The standard InChI is InChI=1S/C15H12N2O2/c1-19-13-4-2-11(3-5-13)14(10-16)15(18)12-6-8-17-9-7-12/h2-9,14H,1H3. The third-order valence-corrected chi connectivity index (χ3v) is 2.81. The molecule has 1 atom stereocenters. The van der Waals surface area contributed by atoms with E-state index in [-0.39, 0.29) is 5.78 Å². The second-order valence-corrected chi connectivity index (χ2v) is 3.94. The summed E-state index contributed by atoms with van der Waals surface area (Å²) in [5.41, 5.74) is 1.14. The Morgan fingerprint density at radius 3 is 2.37 bits per heavy atom. The number of rotatable bonds is 4. The van der Waals surface area contributed by atoms with Gasteiger partial charge in [0.2, 0.25) is 0 Å². The first-order valence-corrected chi connectivity index (χ1v) is 5.74. The monoisotopic (exact) mass is 252 g/mol. The lowest BCUT2D eigenvalue weighted by molar-refractivity contribution is 0.0978. The van der Waals surface area contributed by atoms with Crippen molar-refractivity contribution in [2.24, 2.45) is 0 Å². The lowest BCUT2D eigenvalue weighted by Gasteiger charge is -2.09. The molecule has 0 bridgehead atoms. The number of methoxy groups -OCH3 is 1. The number of nitriles is 1. The molecule has 19 heavy (non-hydrogen) atoms. The molecule has 0 saturated carbocycles. The number of pyridine rings is 1. The van der Waals surface area contributed by atoms with Crippen molar-refractivity contribution < 1.29 is 9.53 Å². The van der Waals surface area contributed by atoms with Crippen LogP contribution in [0.3, 0.4) is 0 Å². The summed E-state index contributed by atoms with van der Waals surface area (Å²) in [6, 6.07) is 12.2. The minimum Gasteiger partial charge on any atom is -0.497 e. The van der Waals surface area contributed by atoms with E-state index in [9.17, 15) is 10.1 Å². The average molecular weight is 252 g/mol. The molecule has 0 saturated heterocycles. The van der Waals surface area contributed by atoms with Crippen LogP contribution >= 0.6 is 0 Å². The van der Waals surface area contributed by atoms with Crippen molar-refractivity contribution in [3.63, 3.8) is 0 Å². The molecule has 0 radical (unpaired) electrons. The first-order valence-electron chi connectivity index (χ1n) is 5.74. The molecule has 4 nitrogen and oxygen atoms in total. The van der Waals surface area contributed by atoms with Crippen LogP contribution in [0.5, 0.6) is 5.75 Å². The third kappa shape index (κ3) is 2.78. The van der Waals surface area contributed by atoms with Crippen LogP contribution in [0.4, 0.5) is 0 Å². The van der Waals surface area contributed by atoms with Gasteiger partial charge in [-0.2, -0.15) is 5.26 Å². The van der Waals surface area contributed by atoms with Gasteiger partial charge in [0.05, 0.1) is 13.2 Å². The van der Waals surface area contributed by atoms with Gasteiger partial charge in [0, 0.05) is 18.0 Å². The van der Waals surface area contributed by atoms with Gasteiger partial charge < -0.3 is 4.74 Å². The van der Waals surface area contributed by atoms with E-state index in [1.807, 2.05) is 6.07 Å². The second kappa shape index (κ2) is 5.78. The molecule has 1 aromatic carbocycles. The van der Waals surface area contributed by atoms with E-state index in [4.69, 9.17) is 4.74 Å². The third-order valence-electron chi connectivity index (χ3n) is 2.81. The predicted octanol–water partition coefficient (Wildman–Crippen LogP) is 2.58. The molecule has 4 heteroatoms. The number of Topliss-reactive ketones (excluding diaryl/α,β-unsaturated/α-hetero) is 1. The maximum Gasteiger partial charge on any atom is 0.184 e. The van der Waals surface area contributed by atoms with E-state index in [1.165, 1.54) is 12.4 Å². The SMILES string of the molecule is COc1ccc(C(C#N)C(=O)c2ccncc2)cc1. The molecular weight excluding hydrogens is 240 g/mol. The van der Waals surface area contributed by atoms with Crippen LogP contribution in [-0.4, -0.2) is 17.9 Å². The summed E-state index contributed by atoms with van der Waals surface area (Å²) in [6.07, 6.45) is 3.07. The molecule has 2 rings (SSSR count). The van der Waals surface area contributed by atoms with Crippen molar-refractivity contribution in [3.8, 4) is 11.8 Å². The Kier molecular flexibility index (Phi) is 3.89. The maximum atomic E-state index is 12.2. The zero-order valence-corrected chi connectivity index (χ0v) is 10.4. The van der Waals surface area contributed by atoms with E-state index in [2.05, 4.69) is 4.98 Å². The Bertz CT molecular complexity index is 600. The van der Waals surface area contributed by atoms with Crippen molar-refractivity contribution in [1.82, 2.24) is 4.98 Å². The van der Waals surface area contributed by atoms with Crippen LogP contribution in [0.2, 0.25) is 0 Å². The largest absolute Gasteiger partial charge is 0.497 e. The molecule has 1 aromatic heterocycles. The van der Waals surface area contributed by atoms with Crippen LogP contribution in [-0.2, 0) is 0 Å². The Morgan fingerprint density at radius 1 is 1.21 bits per heavy atom. The van der Waals surface area contributed by atoms with E-state index in [0.717, 1.165) is 0 Å². The Labute approximate surface area is 111 Å². The highest BCUT2D eigenvalue weighted by Gasteiger charge is 2.21. The first kappa shape index (κ1) is 12.8. The van der Waals surface area contributed by atoms with Crippen LogP contribution in [0.1, 0.15) is 21.8 Å². The van der Waals surface area contributed by atoms with Crippen molar-refractivity contribution in [2.75, 3.05) is 7.11 Å². The predicted molar refractivity (Wildman–Crippen MR) is 69.9 cm³/mol.